The maximum Gasteiger partial charge on any atom is 0.296 e. The molecular weight excluding hydrogens is 472 g/mol. The lowest BCUT2D eigenvalue weighted by molar-refractivity contribution is -0.384. The van der Waals surface area contributed by atoms with E-state index in [0.29, 0.717) is 22.8 Å². The third-order valence-corrected chi connectivity index (χ3v) is 6.21. The second-order valence-electron chi connectivity index (χ2n) is 7.47. The molecule has 0 aliphatic rings. The molecule has 3 heterocycles. The molecule has 10 nitrogen and oxygen atoms in total. The zero-order valence-corrected chi connectivity index (χ0v) is 19.0. The molecule has 0 saturated carbocycles. The van der Waals surface area contributed by atoms with Crippen molar-refractivity contribution in [2.45, 2.75) is 6.42 Å². The number of hydrogen-bond acceptors (Lipinski definition) is 9. The molecule has 0 amide bonds. The van der Waals surface area contributed by atoms with Crippen LogP contribution in [0.3, 0.4) is 0 Å². The molecule has 0 unspecified atom stereocenters. The van der Waals surface area contributed by atoms with E-state index in [4.69, 9.17) is 9.15 Å². The van der Waals surface area contributed by atoms with Crippen LogP contribution >= 0.6 is 11.3 Å². The van der Waals surface area contributed by atoms with Crippen LogP contribution in [0.4, 0.5) is 5.69 Å². The zero-order chi connectivity index (χ0) is 24.5. The maximum absolute atomic E-state index is 12.9. The Balaban J connectivity index is 1.51. The van der Waals surface area contributed by atoms with Crippen molar-refractivity contribution in [3.63, 3.8) is 0 Å². The quantitative estimate of drug-likeness (QED) is 0.263. The summed E-state index contributed by atoms with van der Waals surface area (Å²) in [7, 11) is 1.57. The molecule has 0 radical (unpaired) electrons. The molecular formula is C24H16N4O6S. The van der Waals surface area contributed by atoms with Crippen LogP contribution in [0, 0.1) is 10.1 Å². The van der Waals surface area contributed by atoms with E-state index in [1.807, 2.05) is 12.1 Å². The van der Waals surface area contributed by atoms with Gasteiger partial charge in [-0.2, -0.15) is 14.6 Å². The zero-order valence-electron chi connectivity index (χ0n) is 18.2. The number of thiazole rings is 1. The number of para-hydroxylation sites is 1. The van der Waals surface area contributed by atoms with E-state index < -0.39 is 16.0 Å². The number of fused-ring (bicyclic) bond motifs is 1. The van der Waals surface area contributed by atoms with Gasteiger partial charge in [-0.25, -0.2) is 0 Å². The first-order chi connectivity index (χ1) is 16.9. The molecule has 0 N–H and O–H groups in total. The van der Waals surface area contributed by atoms with Gasteiger partial charge in [-0.3, -0.25) is 19.7 Å². The van der Waals surface area contributed by atoms with E-state index in [0.717, 1.165) is 21.4 Å². The standard InChI is InChI=1S/C24H16N4O6S/c1-33-15-8-6-14(7-9-15)12-18-22(29)25-24-27(26-18)23(30)21(35-24)13-16-10-11-20(34-16)17-4-2-3-5-19(17)28(31)32/h2-11,13H,12H2,1H3. The molecule has 11 heteroatoms. The molecule has 0 bridgehead atoms. The molecule has 5 aromatic rings. The molecule has 174 valence electrons. The molecule has 0 saturated heterocycles. The summed E-state index contributed by atoms with van der Waals surface area (Å²) >= 11 is 1.00. The van der Waals surface area contributed by atoms with Crippen molar-refractivity contribution in [3.8, 4) is 17.1 Å². The van der Waals surface area contributed by atoms with Crippen LogP contribution in [-0.4, -0.2) is 26.6 Å². The summed E-state index contributed by atoms with van der Waals surface area (Å²) in [6.45, 7) is 0. The minimum absolute atomic E-state index is 0.0869. The Hall–Kier alpha value is -4.64. The first kappa shape index (κ1) is 22.2. The Morgan fingerprint density at radius 2 is 1.89 bits per heavy atom. The predicted molar refractivity (Wildman–Crippen MR) is 129 cm³/mol. The Kier molecular flexibility index (Phi) is 5.67. The molecule has 0 aliphatic carbocycles. The molecule has 2 aromatic carbocycles. The SMILES string of the molecule is COc1ccc(Cc2nn3c(=O)c(=Cc4ccc(-c5ccccc5[N+](=O)[O-])o4)sc3nc2=O)cc1. The Labute approximate surface area is 200 Å². The average Bonchev–Trinajstić information content (AvgIpc) is 3.44. The van der Waals surface area contributed by atoms with Crippen molar-refractivity contribution < 1.29 is 14.1 Å². The number of benzene rings is 2. The van der Waals surface area contributed by atoms with Crippen LogP contribution < -0.4 is 20.4 Å². The third-order valence-electron chi connectivity index (χ3n) is 5.25. The average molecular weight is 488 g/mol. The number of ether oxygens (including phenoxy) is 1. The Morgan fingerprint density at radius 1 is 1.11 bits per heavy atom. The van der Waals surface area contributed by atoms with Crippen molar-refractivity contribution in [2.24, 2.45) is 0 Å². The van der Waals surface area contributed by atoms with E-state index in [1.165, 1.54) is 12.1 Å². The fraction of sp³-hybridized carbons (Fsp3) is 0.0833. The predicted octanol–water partition coefficient (Wildman–Crippen LogP) is 2.83. The minimum Gasteiger partial charge on any atom is -0.497 e. The van der Waals surface area contributed by atoms with Gasteiger partial charge in [-0.05, 0) is 35.9 Å². The number of nitro benzene ring substituents is 1. The minimum atomic E-state index is -0.509. The van der Waals surface area contributed by atoms with Crippen LogP contribution in [0.15, 0.2) is 74.7 Å². The fourth-order valence-electron chi connectivity index (χ4n) is 3.53. The monoisotopic (exact) mass is 488 g/mol. The lowest BCUT2D eigenvalue weighted by Gasteiger charge is -2.02. The summed E-state index contributed by atoms with van der Waals surface area (Å²) in [5.74, 6) is 1.31. The highest BCUT2D eigenvalue weighted by molar-refractivity contribution is 7.15. The van der Waals surface area contributed by atoms with E-state index in [-0.39, 0.29) is 27.3 Å². The van der Waals surface area contributed by atoms with Crippen molar-refractivity contribution in [1.82, 2.24) is 14.6 Å². The van der Waals surface area contributed by atoms with Crippen LogP contribution in [0.5, 0.6) is 5.75 Å². The number of rotatable bonds is 6. The summed E-state index contributed by atoms with van der Waals surface area (Å²) in [6.07, 6.45) is 1.71. The number of furan rings is 1. The third kappa shape index (κ3) is 4.32. The maximum atomic E-state index is 12.9. The summed E-state index contributed by atoms with van der Waals surface area (Å²) in [6, 6.07) is 16.6. The van der Waals surface area contributed by atoms with Crippen LogP contribution in [0.1, 0.15) is 17.0 Å². The summed E-state index contributed by atoms with van der Waals surface area (Å²) < 4.78 is 12.2. The first-order valence-corrected chi connectivity index (χ1v) is 11.2. The molecule has 5 rings (SSSR count). The van der Waals surface area contributed by atoms with Crippen molar-refractivity contribution in [1.29, 1.82) is 0 Å². The highest BCUT2D eigenvalue weighted by atomic mass is 32.1. The summed E-state index contributed by atoms with van der Waals surface area (Å²) in [5.41, 5.74) is 0.252. The smallest absolute Gasteiger partial charge is 0.296 e. The van der Waals surface area contributed by atoms with Gasteiger partial charge in [-0.1, -0.05) is 35.6 Å². The summed E-state index contributed by atoms with van der Waals surface area (Å²) in [4.78, 5) is 40.4. The normalized spacial score (nSPS) is 11.7. The van der Waals surface area contributed by atoms with E-state index in [1.54, 1.807) is 49.6 Å². The molecule has 0 fully saturated rings. The van der Waals surface area contributed by atoms with Gasteiger partial charge in [0.15, 0.2) is 0 Å². The van der Waals surface area contributed by atoms with Crippen molar-refractivity contribution in [3.05, 3.63) is 113 Å². The number of methoxy groups -OCH3 is 1. The van der Waals surface area contributed by atoms with Gasteiger partial charge in [-0.15, -0.1) is 0 Å². The second-order valence-corrected chi connectivity index (χ2v) is 8.48. The van der Waals surface area contributed by atoms with E-state index in [2.05, 4.69) is 10.1 Å². The van der Waals surface area contributed by atoms with Gasteiger partial charge in [0.1, 0.15) is 27.5 Å². The van der Waals surface area contributed by atoms with Crippen LogP contribution in [0.25, 0.3) is 22.4 Å². The molecule has 0 atom stereocenters. The molecule has 3 aromatic heterocycles. The molecule has 0 spiro atoms. The Bertz CT molecular complexity index is 1740. The van der Waals surface area contributed by atoms with Gasteiger partial charge < -0.3 is 9.15 Å². The number of aromatic nitrogens is 3. The van der Waals surface area contributed by atoms with Gasteiger partial charge in [0.05, 0.1) is 17.6 Å². The summed E-state index contributed by atoms with van der Waals surface area (Å²) in [5, 5.41) is 15.5. The van der Waals surface area contributed by atoms with Gasteiger partial charge in [0, 0.05) is 18.6 Å². The van der Waals surface area contributed by atoms with Crippen LogP contribution in [0.2, 0.25) is 0 Å². The van der Waals surface area contributed by atoms with E-state index in [9.17, 15) is 19.7 Å². The fourth-order valence-corrected chi connectivity index (χ4v) is 4.42. The van der Waals surface area contributed by atoms with Crippen molar-refractivity contribution >= 4 is 28.1 Å². The van der Waals surface area contributed by atoms with E-state index >= 15 is 0 Å². The molecule has 0 aliphatic heterocycles. The number of nitro groups is 1. The Morgan fingerprint density at radius 3 is 2.63 bits per heavy atom. The second kappa shape index (κ2) is 8.95. The lowest BCUT2D eigenvalue weighted by atomic mass is 10.1. The van der Waals surface area contributed by atoms with Crippen molar-refractivity contribution in [2.75, 3.05) is 7.11 Å². The number of nitrogens with zero attached hydrogens (tertiary/aromatic N) is 4. The van der Waals surface area contributed by atoms with Gasteiger partial charge in [0.25, 0.3) is 16.8 Å². The highest BCUT2D eigenvalue weighted by Crippen LogP contribution is 2.30. The topological polar surface area (TPSA) is 130 Å². The van der Waals surface area contributed by atoms with Crippen LogP contribution in [-0.2, 0) is 6.42 Å². The van der Waals surface area contributed by atoms with Gasteiger partial charge >= 0.3 is 0 Å². The largest absolute Gasteiger partial charge is 0.497 e. The lowest BCUT2D eigenvalue weighted by Crippen LogP contribution is -2.28. The highest BCUT2D eigenvalue weighted by Gasteiger charge is 2.17. The molecule has 35 heavy (non-hydrogen) atoms. The first-order valence-electron chi connectivity index (χ1n) is 10.3. The van der Waals surface area contributed by atoms with Gasteiger partial charge in [0.2, 0.25) is 4.96 Å². The number of hydrogen-bond donors (Lipinski definition) is 0.